The Morgan fingerprint density at radius 2 is 1.69 bits per heavy atom. The Balaban J connectivity index is 0.00000304. The summed E-state index contributed by atoms with van der Waals surface area (Å²) < 4.78 is 23.8. The number of benzene rings is 3. The van der Waals surface area contributed by atoms with Crippen molar-refractivity contribution in [3.8, 4) is 23.0 Å². The third kappa shape index (κ3) is 4.40. The van der Waals surface area contributed by atoms with Crippen LogP contribution in [0.3, 0.4) is 0 Å². The number of methoxy groups -OCH3 is 3. The minimum Gasteiger partial charge on any atom is -0.493 e. The van der Waals surface area contributed by atoms with Gasteiger partial charge in [0.25, 0.3) is 0 Å². The van der Waals surface area contributed by atoms with Crippen LogP contribution < -0.4 is 24.3 Å². The van der Waals surface area contributed by atoms with Gasteiger partial charge in [-0.05, 0) is 58.2 Å². The molecule has 5 rings (SSSR count). The lowest BCUT2D eigenvalue weighted by molar-refractivity contribution is 0.308. The molecular weight excluding hydrogens is 544 g/mol. The van der Waals surface area contributed by atoms with Crippen molar-refractivity contribution in [2.24, 2.45) is 0 Å². The van der Waals surface area contributed by atoms with Crippen LogP contribution in [-0.2, 0) is 0 Å². The number of fused-ring (bicyclic) bond motifs is 3. The maximum atomic E-state index is 5.82. The van der Waals surface area contributed by atoms with Crippen molar-refractivity contribution in [1.29, 1.82) is 0 Å². The number of hydrogen-bond donors (Lipinski definition) is 2. The van der Waals surface area contributed by atoms with E-state index in [2.05, 4.69) is 68.7 Å². The average Bonchev–Trinajstić information content (AvgIpc) is 3.28. The molecule has 2 N–H and O–H groups in total. The second kappa shape index (κ2) is 11.0. The highest BCUT2D eigenvalue weighted by Crippen LogP contribution is 2.47. The molecule has 4 aromatic rings. The fraction of sp³-hybridized carbons (Fsp3) is 0.286. The first-order valence-electron chi connectivity index (χ1n) is 11.7. The monoisotopic (exact) mass is 572 g/mol. The summed E-state index contributed by atoms with van der Waals surface area (Å²) in [6, 6.07) is 18.6. The molecule has 8 heteroatoms. The van der Waals surface area contributed by atoms with Crippen molar-refractivity contribution < 1.29 is 18.9 Å². The number of nitrogens with one attached hydrogen (secondary N) is 2. The molecule has 0 saturated heterocycles. The first kappa shape index (κ1) is 26.2. The molecular formula is C28H30BrClN2O4. The summed E-state index contributed by atoms with van der Waals surface area (Å²) in [5, 5.41) is 4.98. The molecule has 1 aromatic heterocycles. The van der Waals surface area contributed by atoms with E-state index < -0.39 is 0 Å². The quantitative estimate of drug-likeness (QED) is 0.261. The summed E-state index contributed by atoms with van der Waals surface area (Å²) in [5.74, 6) is 2.99. The molecule has 2 heterocycles. The van der Waals surface area contributed by atoms with Crippen molar-refractivity contribution in [3.63, 3.8) is 0 Å². The van der Waals surface area contributed by atoms with Crippen molar-refractivity contribution in [3.05, 3.63) is 81.5 Å². The number of para-hydroxylation sites is 2. The summed E-state index contributed by atoms with van der Waals surface area (Å²) in [6.45, 7) is 3.26. The van der Waals surface area contributed by atoms with Gasteiger partial charge in [0, 0.05) is 34.6 Å². The van der Waals surface area contributed by atoms with E-state index in [1.165, 1.54) is 10.9 Å². The van der Waals surface area contributed by atoms with Gasteiger partial charge in [0.05, 0.1) is 38.5 Å². The molecule has 3 aromatic carbocycles. The zero-order valence-electron chi connectivity index (χ0n) is 20.7. The largest absolute Gasteiger partial charge is 0.493 e. The molecule has 190 valence electrons. The maximum absolute atomic E-state index is 5.82. The summed E-state index contributed by atoms with van der Waals surface area (Å²) in [4.78, 5) is 3.71. The lowest BCUT2D eigenvalue weighted by atomic mass is 9.82. The zero-order chi connectivity index (χ0) is 24.5. The highest BCUT2D eigenvalue weighted by atomic mass is 79.9. The third-order valence-corrected chi connectivity index (χ3v) is 7.21. The number of aromatic nitrogens is 1. The minimum absolute atomic E-state index is 0. The van der Waals surface area contributed by atoms with Crippen LogP contribution in [0.4, 0.5) is 0 Å². The van der Waals surface area contributed by atoms with Crippen molar-refractivity contribution in [2.45, 2.75) is 18.9 Å². The summed E-state index contributed by atoms with van der Waals surface area (Å²) >= 11 is 3.69. The van der Waals surface area contributed by atoms with Crippen LogP contribution >= 0.6 is 28.3 Å². The van der Waals surface area contributed by atoms with Crippen LogP contribution in [0.25, 0.3) is 10.9 Å². The predicted octanol–water partition coefficient (Wildman–Crippen LogP) is 6.60. The van der Waals surface area contributed by atoms with Crippen LogP contribution in [0.5, 0.6) is 23.0 Å². The highest BCUT2D eigenvalue weighted by Gasteiger charge is 2.35. The molecule has 0 saturated carbocycles. The molecule has 0 bridgehead atoms. The minimum atomic E-state index is -0.0499. The molecule has 2 atom stereocenters. The summed E-state index contributed by atoms with van der Waals surface area (Å²) in [5.41, 5.74) is 5.68. The molecule has 0 amide bonds. The van der Waals surface area contributed by atoms with E-state index in [1.807, 2.05) is 19.1 Å². The fourth-order valence-electron chi connectivity index (χ4n) is 5.15. The number of ether oxygens (including phenoxy) is 4. The van der Waals surface area contributed by atoms with Gasteiger partial charge in [0.15, 0.2) is 23.0 Å². The number of aromatic amines is 1. The van der Waals surface area contributed by atoms with Gasteiger partial charge in [-0.3, -0.25) is 0 Å². The Labute approximate surface area is 225 Å². The molecule has 2 unspecified atom stereocenters. The molecule has 0 aliphatic carbocycles. The Bertz CT molecular complexity index is 1370. The SMILES string of the molecule is CCOc1c(Br)cc(C2NCC(c3cccc(OC)c3OC)c3c2[nH]c2ccccc32)cc1OC.Cl. The predicted molar refractivity (Wildman–Crippen MR) is 149 cm³/mol. The Hall–Kier alpha value is -2.87. The molecule has 0 fully saturated rings. The van der Waals surface area contributed by atoms with Crippen molar-refractivity contribution in [1.82, 2.24) is 10.3 Å². The van der Waals surface area contributed by atoms with Gasteiger partial charge in [-0.1, -0.05) is 30.3 Å². The van der Waals surface area contributed by atoms with Crippen molar-refractivity contribution >= 4 is 39.2 Å². The van der Waals surface area contributed by atoms with E-state index in [9.17, 15) is 0 Å². The fourth-order valence-corrected chi connectivity index (χ4v) is 5.73. The number of rotatable bonds is 7. The second-order valence-electron chi connectivity index (χ2n) is 8.44. The number of H-pyrrole nitrogens is 1. The Kier molecular flexibility index (Phi) is 8.03. The first-order valence-corrected chi connectivity index (χ1v) is 12.5. The smallest absolute Gasteiger partial charge is 0.175 e. The first-order chi connectivity index (χ1) is 17.1. The van der Waals surface area contributed by atoms with Gasteiger partial charge in [0.2, 0.25) is 0 Å². The third-order valence-electron chi connectivity index (χ3n) is 6.62. The standard InChI is InChI=1S/C28H29BrN2O4.ClH/c1-5-35-28-20(29)13-16(14-23(28)33-3)25-26-24(18-9-6-7-11-21(18)31-26)19(15-30-25)17-10-8-12-22(32-2)27(17)34-4;/h6-14,19,25,30-31H,5,15H2,1-4H3;1H. The molecule has 6 nitrogen and oxygen atoms in total. The highest BCUT2D eigenvalue weighted by molar-refractivity contribution is 9.10. The molecule has 1 aliphatic heterocycles. The van der Waals surface area contributed by atoms with Crippen molar-refractivity contribution in [2.75, 3.05) is 34.5 Å². The van der Waals surface area contributed by atoms with Gasteiger partial charge in [-0.25, -0.2) is 0 Å². The second-order valence-corrected chi connectivity index (χ2v) is 9.30. The Morgan fingerprint density at radius 1 is 0.917 bits per heavy atom. The lowest BCUT2D eigenvalue weighted by Crippen LogP contribution is -2.34. The van der Waals surface area contributed by atoms with Gasteiger partial charge in [-0.2, -0.15) is 0 Å². The van der Waals surface area contributed by atoms with Crippen LogP contribution in [0.15, 0.2) is 59.1 Å². The van der Waals surface area contributed by atoms with Crippen LogP contribution in [-0.4, -0.2) is 39.5 Å². The summed E-state index contributed by atoms with van der Waals surface area (Å²) in [6.07, 6.45) is 0. The van der Waals surface area contributed by atoms with Crippen LogP contribution in [0, 0.1) is 0 Å². The van der Waals surface area contributed by atoms with Crippen LogP contribution in [0.1, 0.15) is 41.3 Å². The average molecular weight is 574 g/mol. The van der Waals surface area contributed by atoms with Gasteiger partial charge < -0.3 is 29.2 Å². The lowest BCUT2D eigenvalue weighted by Gasteiger charge is -2.32. The van der Waals surface area contributed by atoms with E-state index in [0.29, 0.717) is 18.1 Å². The van der Waals surface area contributed by atoms with Gasteiger partial charge >= 0.3 is 0 Å². The topological polar surface area (TPSA) is 64.7 Å². The summed E-state index contributed by atoms with van der Waals surface area (Å²) in [7, 11) is 5.03. The Morgan fingerprint density at radius 3 is 2.42 bits per heavy atom. The van der Waals surface area contributed by atoms with E-state index >= 15 is 0 Å². The zero-order valence-corrected chi connectivity index (χ0v) is 23.1. The van der Waals surface area contributed by atoms with E-state index in [1.54, 1.807) is 21.3 Å². The van der Waals surface area contributed by atoms with Gasteiger partial charge in [0.1, 0.15) is 0 Å². The van der Waals surface area contributed by atoms with E-state index in [-0.39, 0.29) is 24.4 Å². The molecule has 1 aliphatic rings. The molecule has 36 heavy (non-hydrogen) atoms. The normalized spacial score (nSPS) is 16.7. The van der Waals surface area contributed by atoms with E-state index in [0.717, 1.165) is 44.9 Å². The maximum Gasteiger partial charge on any atom is 0.175 e. The molecule has 0 spiro atoms. The molecule has 0 radical (unpaired) electrons. The van der Waals surface area contributed by atoms with E-state index in [4.69, 9.17) is 18.9 Å². The number of hydrogen-bond acceptors (Lipinski definition) is 5. The van der Waals surface area contributed by atoms with Gasteiger partial charge in [-0.15, -0.1) is 12.4 Å². The number of halogens is 2. The van der Waals surface area contributed by atoms with Crippen LogP contribution in [0.2, 0.25) is 0 Å².